The summed E-state index contributed by atoms with van der Waals surface area (Å²) < 4.78 is 0. The molecule has 6 nitrogen and oxygen atoms in total. The zero-order chi connectivity index (χ0) is 6.41. The fourth-order valence-corrected chi connectivity index (χ4v) is 0.176. The molecule has 0 heterocycles. The number of nitrogens with one attached hydrogen (secondary N) is 2. The monoisotopic (exact) mass is 121 g/mol. The number of hydrogen-bond acceptors (Lipinski definition) is 4. The summed E-state index contributed by atoms with van der Waals surface area (Å²) in [6, 6.07) is 0. The summed E-state index contributed by atoms with van der Waals surface area (Å²) in [4.78, 5) is 9.45. The normalized spacial score (nSPS) is 8.62. The molecule has 0 aromatic rings. The predicted molar refractivity (Wildman–Crippen MR) is 25.2 cm³/mol. The van der Waals surface area contributed by atoms with Crippen molar-refractivity contribution in [1.82, 2.24) is 10.7 Å². The second-order valence-corrected chi connectivity index (χ2v) is 1.00. The fraction of sp³-hybridized carbons (Fsp3) is 1.00. The predicted octanol–water partition coefficient (Wildman–Crippen LogP) is -1.74. The summed E-state index contributed by atoms with van der Waals surface area (Å²) in [5.41, 5.74) is 1.80. The molecule has 6 heteroatoms. The van der Waals surface area contributed by atoms with Gasteiger partial charge in [-0.15, -0.1) is 5.43 Å². The maximum Gasteiger partial charge on any atom is 0.158 e. The Hall–Kier alpha value is -0.880. The first kappa shape index (κ1) is 7.12. The van der Waals surface area contributed by atoms with E-state index in [1.165, 1.54) is 0 Å². The number of nitro groups is 1. The van der Waals surface area contributed by atoms with E-state index in [0.29, 0.717) is 0 Å². The van der Waals surface area contributed by atoms with Gasteiger partial charge in [0.2, 0.25) is 0 Å². The highest BCUT2D eigenvalue weighted by Crippen LogP contribution is 1.52. The molecule has 0 aromatic carbocycles. The summed E-state index contributed by atoms with van der Waals surface area (Å²) in [7, 11) is 0. The van der Waals surface area contributed by atoms with Crippen LogP contribution < -0.4 is 10.7 Å². The summed E-state index contributed by atoms with van der Waals surface area (Å²) in [5.74, 6) is 0. The summed E-state index contributed by atoms with van der Waals surface area (Å²) in [6.07, 6.45) is 0. The van der Waals surface area contributed by atoms with E-state index >= 15 is 0 Å². The Morgan fingerprint density at radius 1 is 1.75 bits per heavy atom. The van der Waals surface area contributed by atoms with Crippen LogP contribution in [-0.2, 0) is 0 Å². The van der Waals surface area contributed by atoms with Crippen LogP contribution in [0, 0.1) is 10.1 Å². The van der Waals surface area contributed by atoms with Gasteiger partial charge in [-0.25, -0.2) is 10.1 Å². The number of aliphatic hydroxyl groups is 1. The number of hydrogen-bond donors (Lipinski definition) is 3. The summed E-state index contributed by atoms with van der Waals surface area (Å²) in [5, 5.41) is 19.0. The Morgan fingerprint density at radius 3 is 2.75 bits per heavy atom. The molecule has 0 aliphatic heterocycles. The highest BCUT2D eigenvalue weighted by atomic mass is 16.7. The molecule has 0 unspecified atom stereocenters. The van der Waals surface area contributed by atoms with Crippen LogP contribution in [0.5, 0.6) is 0 Å². The molecule has 0 atom stereocenters. The van der Waals surface area contributed by atoms with Gasteiger partial charge in [-0.2, -0.15) is 0 Å². The Balaban J connectivity index is 2.82. The lowest BCUT2D eigenvalue weighted by Gasteiger charge is -1.94. The molecule has 8 heavy (non-hydrogen) atoms. The molecule has 0 rings (SSSR count). The van der Waals surface area contributed by atoms with E-state index in [1.54, 1.807) is 5.43 Å². The highest BCUT2D eigenvalue weighted by molar-refractivity contribution is 4.22. The average molecular weight is 121 g/mol. The van der Waals surface area contributed by atoms with Gasteiger partial charge < -0.3 is 5.11 Å². The summed E-state index contributed by atoms with van der Waals surface area (Å²) >= 11 is 0. The number of nitrogens with zero attached hydrogens (tertiary/aromatic N) is 1. The molecule has 0 fully saturated rings. The van der Waals surface area contributed by atoms with Crippen molar-refractivity contribution in [2.24, 2.45) is 0 Å². The number of rotatable bonds is 4. The van der Waals surface area contributed by atoms with Crippen LogP contribution in [0.3, 0.4) is 0 Å². The Morgan fingerprint density at radius 2 is 2.38 bits per heavy atom. The minimum absolute atomic E-state index is 0.0243. The van der Waals surface area contributed by atoms with Crippen molar-refractivity contribution in [2.45, 2.75) is 0 Å². The largest absolute Gasteiger partial charge is 0.381 e. The number of hydrazine groups is 1. The van der Waals surface area contributed by atoms with Gasteiger partial charge >= 0.3 is 0 Å². The van der Waals surface area contributed by atoms with Crippen molar-refractivity contribution in [3.63, 3.8) is 0 Å². The van der Waals surface area contributed by atoms with Gasteiger partial charge in [0.15, 0.2) is 5.03 Å². The Bertz CT molecular complexity index is 74.9. The molecule has 0 bridgehead atoms. The van der Waals surface area contributed by atoms with E-state index in [1.807, 2.05) is 0 Å². The van der Waals surface area contributed by atoms with Crippen molar-refractivity contribution in [3.8, 4) is 0 Å². The fourth-order valence-electron chi connectivity index (χ4n) is 0.176. The average Bonchev–Trinajstić information content (AvgIpc) is 1.66. The molecule has 0 saturated carbocycles. The molecule has 0 aliphatic carbocycles. The SMILES string of the molecule is O=[N+]([O-])NCNCO. The molecule has 0 aliphatic rings. The van der Waals surface area contributed by atoms with Crippen LogP contribution in [0.15, 0.2) is 0 Å². The zero-order valence-corrected chi connectivity index (χ0v) is 4.13. The second-order valence-electron chi connectivity index (χ2n) is 1.00. The van der Waals surface area contributed by atoms with Gasteiger partial charge in [-0.1, -0.05) is 0 Å². The first-order chi connectivity index (χ1) is 3.77. The van der Waals surface area contributed by atoms with E-state index < -0.39 is 5.03 Å². The topological polar surface area (TPSA) is 87.4 Å². The molecule has 0 amide bonds. The molecule has 3 N–H and O–H groups in total. The third-order valence-electron chi connectivity index (χ3n) is 0.445. The Kier molecular flexibility index (Phi) is 3.81. The van der Waals surface area contributed by atoms with Crippen LogP contribution in [-0.4, -0.2) is 23.5 Å². The first-order valence-corrected chi connectivity index (χ1v) is 1.97. The lowest BCUT2D eigenvalue weighted by atomic mass is 11.0. The molecule has 0 aromatic heterocycles. The standard InChI is InChI=1S/C2H7N3O3/c6-2-3-1-4-5(7)8/h3-4,6H,1-2H2. The minimum Gasteiger partial charge on any atom is -0.381 e. The number of aliphatic hydroxyl groups excluding tert-OH is 1. The second kappa shape index (κ2) is 4.28. The van der Waals surface area contributed by atoms with Crippen molar-refractivity contribution in [3.05, 3.63) is 10.1 Å². The first-order valence-electron chi connectivity index (χ1n) is 1.97. The highest BCUT2D eigenvalue weighted by Gasteiger charge is 1.87. The molecule has 0 saturated heterocycles. The van der Waals surface area contributed by atoms with Crippen molar-refractivity contribution >= 4 is 0 Å². The van der Waals surface area contributed by atoms with E-state index in [-0.39, 0.29) is 13.4 Å². The molecule has 48 valence electrons. The van der Waals surface area contributed by atoms with Gasteiger partial charge in [-0.3, -0.25) is 5.32 Å². The zero-order valence-electron chi connectivity index (χ0n) is 4.13. The van der Waals surface area contributed by atoms with Crippen LogP contribution >= 0.6 is 0 Å². The van der Waals surface area contributed by atoms with Crippen molar-refractivity contribution < 1.29 is 10.1 Å². The Labute approximate surface area is 45.6 Å². The third kappa shape index (κ3) is 5.12. The molecular formula is C2H7N3O3. The maximum atomic E-state index is 9.45. The van der Waals surface area contributed by atoms with Gasteiger partial charge in [0, 0.05) is 0 Å². The third-order valence-corrected chi connectivity index (χ3v) is 0.445. The van der Waals surface area contributed by atoms with Gasteiger partial charge in [-0.05, 0) is 0 Å². The lowest BCUT2D eigenvalue weighted by molar-refractivity contribution is -0.545. The van der Waals surface area contributed by atoms with Crippen LogP contribution in [0.2, 0.25) is 0 Å². The van der Waals surface area contributed by atoms with E-state index in [0.717, 1.165) is 0 Å². The van der Waals surface area contributed by atoms with Crippen molar-refractivity contribution in [2.75, 3.05) is 13.4 Å². The van der Waals surface area contributed by atoms with Crippen LogP contribution in [0.1, 0.15) is 0 Å². The smallest absolute Gasteiger partial charge is 0.158 e. The van der Waals surface area contributed by atoms with Gasteiger partial charge in [0.05, 0.1) is 6.73 Å². The van der Waals surface area contributed by atoms with Gasteiger partial charge in [0.25, 0.3) is 0 Å². The molecule has 0 radical (unpaired) electrons. The lowest BCUT2D eigenvalue weighted by Crippen LogP contribution is -2.33. The van der Waals surface area contributed by atoms with E-state index in [4.69, 9.17) is 5.11 Å². The van der Waals surface area contributed by atoms with E-state index in [2.05, 4.69) is 5.32 Å². The maximum absolute atomic E-state index is 9.45. The van der Waals surface area contributed by atoms with Crippen LogP contribution in [0.4, 0.5) is 0 Å². The molecular weight excluding hydrogens is 114 g/mol. The van der Waals surface area contributed by atoms with Gasteiger partial charge in [0.1, 0.15) is 6.67 Å². The summed E-state index contributed by atoms with van der Waals surface area (Å²) in [6.45, 7) is -0.287. The van der Waals surface area contributed by atoms with Crippen molar-refractivity contribution in [1.29, 1.82) is 0 Å². The molecule has 0 spiro atoms. The quantitative estimate of drug-likeness (QED) is 0.178. The minimum atomic E-state index is -0.692. The van der Waals surface area contributed by atoms with E-state index in [9.17, 15) is 10.1 Å². The van der Waals surface area contributed by atoms with Crippen LogP contribution in [0.25, 0.3) is 0 Å².